The van der Waals surface area contributed by atoms with Gasteiger partial charge in [0.2, 0.25) is 17.6 Å². The number of thiophene rings is 1. The van der Waals surface area contributed by atoms with E-state index in [0.29, 0.717) is 18.3 Å². The Hall–Kier alpha value is -1.73. The van der Waals surface area contributed by atoms with Crippen LogP contribution in [-0.2, 0) is 11.3 Å². The molecule has 1 N–H and O–H groups in total. The Labute approximate surface area is 152 Å². The summed E-state index contributed by atoms with van der Waals surface area (Å²) >= 11 is 1.60. The van der Waals surface area contributed by atoms with Gasteiger partial charge in [-0.25, -0.2) is 0 Å². The highest BCUT2D eigenvalue weighted by molar-refractivity contribution is 7.13. The summed E-state index contributed by atoms with van der Waals surface area (Å²) in [5.41, 5.74) is 0. The van der Waals surface area contributed by atoms with Gasteiger partial charge in [-0.1, -0.05) is 24.6 Å². The number of nitrogens with zero attached hydrogens (tertiary/aromatic N) is 3. The molecule has 7 heteroatoms. The van der Waals surface area contributed by atoms with Crippen molar-refractivity contribution in [2.45, 2.75) is 52.1 Å². The summed E-state index contributed by atoms with van der Waals surface area (Å²) in [7, 11) is 0. The van der Waals surface area contributed by atoms with E-state index < -0.39 is 0 Å². The predicted octanol–water partition coefficient (Wildman–Crippen LogP) is 3.31. The van der Waals surface area contributed by atoms with Crippen molar-refractivity contribution in [2.75, 3.05) is 13.1 Å². The quantitative estimate of drug-likeness (QED) is 0.818. The van der Waals surface area contributed by atoms with Gasteiger partial charge in [-0.2, -0.15) is 4.98 Å². The van der Waals surface area contributed by atoms with Crippen LogP contribution in [0.3, 0.4) is 0 Å². The van der Waals surface area contributed by atoms with Crippen LogP contribution < -0.4 is 5.32 Å². The minimum Gasteiger partial charge on any atom is -0.353 e. The molecule has 25 heavy (non-hydrogen) atoms. The molecule has 0 radical (unpaired) electrons. The van der Waals surface area contributed by atoms with Gasteiger partial charge in [-0.3, -0.25) is 9.69 Å². The van der Waals surface area contributed by atoms with Crippen LogP contribution in [-0.4, -0.2) is 40.1 Å². The zero-order valence-corrected chi connectivity index (χ0v) is 15.7. The maximum Gasteiger partial charge on any atom is 0.241 e. The highest BCUT2D eigenvalue weighted by Crippen LogP contribution is 2.23. The third-order valence-corrected chi connectivity index (χ3v) is 5.50. The monoisotopic (exact) mass is 362 g/mol. The van der Waals surface area contributed by atoms with E-state index in [2.05, 4.69) is 34.2 Å². The van der Waals surface area contributed by atoms with Crippen molar-refractivity contribution in [3.8, 4) is 10.7 Å². The molecule has 1 aliphatic rings. The lowest BCUT2D eigenvalue weighted by Gasteiger charge is -2.30. The number of likely N-dealkylation sites (tertiary alicyclic amines) is 1. The molecule has 1 atom stereocenters. The maximum absolute atomic E-state index is 12.3. The average molecular weight is 362 g/mol. The van der Waals surface area contributed by atoms with E-state index in [1.807, 2.05) is 17.5 Å². The number of aromatic nitrogens is 2. The van der Waals surface area contributed by atoms with E-state index in [0.717, 1.165) is 43.6 Å². The number of amides is 1. The first kappa shape index (κ1) is 18.1. The summed E-state index contributed by atoms with van der Waals surface area (Å²) in [6, 6.07) is 4.24. The Morgan fingerprint density at radius 3 is 2.96 bits per heavy atom. The molecule has 1 amide bonds. The standard InChI is InChI=1S/C18H26N4O2S/c1-3-5-13(2)19-18(23)14-7-9-22(10-8-14)12-16-20-17(21-24-16)15-6-4-11-25-15/h4,6,11,13-14H,3,5,7-10,12H2,1-2H3,(H,19,23). The molecule has 0 aromatic carbocycles. The first-order valence-corrected chi connectivity index (χ1v) is 9.93. The fraction of sp³-hybridized carbons (Fsp3) is 0.611. The highest BCUT2D eigenvalue weighted by atomic mass is 32.1. The zero-order chi connectivity index (χ0) is 17.6. The van der Waals surface area contributed by atoms with Gasteiger partial charge in [0.25, 0.3) is 0 Å². The van der Waals surface area contributed by atoms with Crippen molar-refractivity contribution >= 4 is 17.2 Å². The zero-order valence-electron chi connectivity index (χ0n) is 14.9. The molecular weight excluding hydrogens is 336 g/mol. The van der Waals surface area contributed by atoms with E-state index in [1.54, 1.807) is 11.3 Å². The van der Waals surface area contributed by atoms with Crippen LogP contribution in [0.4, 0.5) is 0 Å². The van der Waals surface area contributed by atoms with E-state index in [-0.39, 0.29) is 17.9 Å². The molecule has 1 fully saturated rings. The van der Waals surface area contributed by atoms with Crippen LogP contribution in [0.1, 0.15) is 45.4 Å². The third-order valence-electron chi connectivity index (χ3n) is 4.64. The second-order valence-corrected chi connectivity index (χ2v) is 7.69. The Morgan fingerprint density at radius 1 is 1.48 bits per heavy atom. The summed E-state index contributed by atoms with van der Waals surface area (Å²) in [6.07, 6.45) is 3.90. The first-order chi connectivity index (χ1) is 12.2. The predicted molar refractivity (Wildman–Crippen MR) is 98.1 cm³/mol. The van der Waals surface area contributed by atoms with Crippen LogP contribution in [0.15, 0.2) is 22.0 Å². The van der Waals surface area contributed by atoms with Crippen molar-refractivity contribution < 1.29 is 9.32 Å². The Morgan fingerprint density at radius 2 is 2.28 bits per heavy atom. The van der Waals surface area contributed by atoms with E-state index >= 15 is 0 Å². The number of hydrogen-bond acceptors (Lipinski definition) is 6. The van der Waals surface area contributed by atoms with Gasteiger partial charge >= 0.3 is 0 Å². The van der Waals surface area contributed by atoms with Crippen molar-refractivity contribution in [3.05, 3.63) is 23.4 Å². The molecule has 1 unspecified atom stereocenters. The molecule has 3 heterocycles. The Bertz CT molecular complexity index is 662. The van der Waals surface area contributed by atoms with Crippen LogP contribution in [0.5, 0.6) is 0 Å². The normalized spacial score (nSPS) is 17.5. The minimum absolute atomic E-state index is 0.125. The van der Waals surface area contributed by atoms with E-state index in [4.69, 9.17) is 4.52 Å². The van der Waals surface area contributed by atoms with Crippen molar-refractivity contribution in [2.24, 2.45) is 5.92 Å². The van der Waals surface area contributed by atoms with Gasteiger partial charge in [0.1, 0.15) is 0 Å². The van der Waals surface area contributed by atoms with Crippen LogP contribution >= 0.6 is 11.3 Å². The van der Waals surface area contributed by atoms with Crippen LogP contribution in [0.2, 0.25) is 0 Å². The minimum atomic E-state index is 0.125. The highest BCUT2D eigenvalue weighted by Gasteiger charge is 2.26. The maximum atomic E-state index is 12.3. The summed E-state index contributed by atoms with van der Waals surface area (Å²) in [5, 5.41) is 9.19. The molecule has 2 aromatic heterocycles. The lowest BCUT2D eigenvalue weighted by molar-refractivity contribution is -0.127. The fourth-order valence-corrected chi connectivity index (χ4v) is 3.88. The molecule has 0 aliphatic carbocycles. The summed E-state index contributed by atoms with van der Waals surface area (Å²) < 4.78 is 5.37. The molecule has 2 aromatic rings. The van der Waals surface area contributed by atoms with Gasteiger partial charge in [-0.05, 0) is 50.7 Å². The molecule has 1 aliphatic heterocycles. The average Bonchev–Trinajstić information content (AvgIpc) is 3.27. The molecule has 0 saturated carbocycles. The molecule has 0 spiro atoms. The van der Waals surface area contributed by atoms with Gasteiger partial charge in [0.05, 0.1) is 11.4 Å². The molecule has 1 saturated heterocycles. The topological polar surface area (TPSA) is 71.3 Å². The number of nitrogens with one attached hydrogen (secondary N) is 1. The summed E-state index contributed by atoms with van der Waals surface area (Å²) in [5.74, 6) is 1.63. The van der Waals surface area contributed by atoms with Crippen molar-refractivity contribution in [1.82, 2.24) is 20.4 Å². The molecule has 0 bridgehead atoms. The van der Waals surface area contributed by atoms with Crippen LogP contribution in [0.25, 0.3) is 10.7 Å². The van der Waals surface area contributed by atoms with Crippen molar-refractivity contribution in [3.63, 3.8) is 0 Å². The van der Waals surface area contributed by atoms with Gasteiger partial charge in [-0.15, -0.1) is 11.3 Å². The molecule has 6 nitrogen and oxygen atoms in total. The lowest BCUT2D eigenvalue weighted by Crippen LogP contribution is -2.42. The molecule has 136 valence electrons. The first-order valence-electron chi connectivity index (χ1n) is 9.05. The number of rotatable bonds is 7. The Balaban J connectivity index is 1.46. The summed E-state index contributed by atoms with van der Waals surface area (Å²) in [6.45, 7) is 6.65. The molecular formula is C18H26N4O2S. The van der Waals surface area contributed by atoms with Crippen molar-refractivity contribution in [1.29, 1.82) is 0 Å². The largest absolute Gasteiger partial charge is 0.353 e. The van der Waals surface area contributed by atoms with Gasteiger partial charge in [0, 0.05) is 12.0 Å². The smallest absolute Gasteiger partial charge is 0.241 e. The molecule has 3 rings (SSSR count). The third kappa shape index (κ3) is 4.89. The van der Waals surface area contributed by atoms with Crippen LogP contribution in [0, 0.1) is 5.92 Å². The van der Waals surface area contributed by atoms with E-state index in [9.17, 15) is 4.79 Å². The number of hydrogen-bond donors (Lipinski definition) is 1. The number of piperidine rings is 1. The lowest BCUT2D eigenvalue weighted by atomic mass is 9.95. The second kappa shape index (κ2) is 8.58. The SMILES string of the molecule is CCCC(C)NC(=O)C1CCN(Cc2nc(-c3cccs3)no2)CC1. The summed E-state index contributed by atoms with van der Waals surface area (Å²) in [4.78, 5) is 20.1. The van der Waals surface area contributed by atoms with Gasteiger partial charge < -0.3 is 9.84 Å². The number of carbonyl (C=O) groups excluding carboxylic acids is 1. The second-order valence-electron chi connectivity index (χ2n) is 6.74. The van der Waals surface area contributed by atoms with E-state index in [1.165, 1.54) is 0 Å². The van der Waals surface area contributed by atoms with Gasteiger partial charge in [0.15, 0.2) is 0 Å². The number of carbonyl (C=O) groups is 1. The Kier molecular flexibility index (Phi) is 6.20. The fourth-order valence-electron chi connectivity index (χ4n) is 3.24.